The van der Waals surface area contributed by atoms with Gasteiger partial charge < -0.3 is 14.8 Å². The SMILES string of the molecule is COc1cccc(Oc2ccnc(-c3cccc(C(=O)Nc4cccc(Br)c4)c3)n2)c1. The molecule has 1 N–H and O–H groups in total. The monoisotopic (exact) mass is 475 g/mol. The first-order chi connectivity index (χ1) is 15.1. The van der Waals surface area contributed by atoms with Gasteiger partial charge in [0.25, 0.3) is 5.91 Å². The highest BCUT2D eigenvalue weighted by atomic mass is 79.9. The Labute approximate surface area is 188 Å². The fourth-order valence-electron chi connectivity index (χ4n) is 2.89. The van der Waals surface area contributed by atoms with Gasteiger partial charge in [-0.3, -0.25) is 4.79 Å². The zero-order valence-corrected chi connectivity index (χ0v) is 18.2. The molecule has 0 saturated heterocycles. The Bertz CT molecular complexity index is 1230. The van der Waals surface area contributed by atoms with Gasteiger partial charge in [-0.1, -0.05) is 40.2 Å². The van der Waals surface area contributed by atoms with E-state index in [9.17, 15) is 4.79 Å². The van der Waals surface area contributed by atoms with Crippen molar-refractivity contribution >= 4 is 27.5 Å². The van der Waals surface area contributed by atoms with Crippen LogP contribution in [0.5, 0.6) is 17.4 Å². The van der Waals surface area contributed by atoms with Gasteiger partial charge in [-0.2, -0.15) is 4.98 Å². The van der Waals surface area contributed by atoms with Crippen LogP contribution in [0.2, 0.25) is 0 Å². The van der Waals surface area contributed by atoms with Crippen molar-refractivity contribution in [3.8, 4) is 28.8 Å². The lowest BCUT2D eigenvalue weighted by Crippen LogP contribution is -2.11. The summed E-state index contributed by atoms with van der Waals surface area (Å²) in [5, 5.41) is 2.89. The first-order valence-electron chi connectivity index (χ1n) is 9.43. The Morgan fingerprint density at radius 2 is 1.74 bits per heavy atom. The number of ether oxygens (including phenoxy) is 2. The lowest BCUT2D eigenvalue weighted by atomic mass is 10.1. The van der Waals surface area contributed by atoms with Crippen molar-refractivity contribution in [3.63, 3.8) is 0 Å². The molecule has 3 aromatic carbocycles. The number of aromatic nitrogens is 2. The van der Waals surface area contributed by atoms with E-state index in [2.05, 4.69) is 31.2 Å². The molecule has 0 aliphatic rings. The summed E-state index contributed by atoms with van der Waals surface area (Å²) >= 11 is 3.40. The van der Waals surface area contributed by atoms with Crippen molar-refractivity contribution in [1.82, 2.24) is 9.97 Å². The molecule has 0 unspecified atom stereocenters. The molecule has 0 saturated carbocycles. The molecule has 0 atom stereocenters. The van der Waals surface area contributed by atoms with Crippen molar-refractivity contribution in [2.45, 2.75) is 0 Å². The lowest BCUT2D eigenvalue weighted by Gasteiger charge is -2.09. The summed E-state index contributed by atoms with van der Waals surface area (Å²) in [5.74, 6) is 1.92. The number of benzene rings is 3. The van der Waals surface area contributed by atoms with Gasteiger partial charge in [-0.05, 0) is 42.5 Å². The third-order valence-corrected chi connectivity index (χ3v) is 4.85. The van der Waals surface area contributed by atoms with Crippen LogP contribution in [0.3, 0.4) is 0 Å². The van der Waals surface area contributed by atoms with E-state index in [0.717, 1.165) is 4.47 Å². The van der Waals surface area contributed by atoms with Crippen molar-refractivity contribution in [2.24, 2.45) is 0 Å². The predicted molar refractivity (Wildman–Crippen MR) is 123 cm³/mol. The molecular formula is C24H18BrN3O3. The zero-order valence-electron chi connectivity index (χ0n) is 16.6. The topological polar surface area (TPSA) is 73.3 Å². The van der Waals surface area contributed by atoms with Crippen LogP contribution < -0.4 is 14.8 Å². The third-order valence-electron chi connectivity index (χ3n) is 4.36. The molecule has 6 nitrogen and oxygen atoms in total. The van der Waals surface area contributed by atoms with Crippen LogP contribution in [0.1, 0.15) is 10.4 Å². The van der Waals surface area contributed by atoms with Crippen LogP contribution in [0.25, 0.3) is 11.4 Å². The normalized spacial score (nSPS) is 10.4. The van der Waals surface area contributed by atoms with Gasteiger partial charge in [-0.15, -0.1) is 0 Å². The summed E-state index contributed by atoms with van der Waals surface area (Å²) in [6.07, 6.45) is 1.62. The molecule has 0 aliphatic carbocycles. The zero-order chi connectivity index (χ0) is 21.6. The van der Waals surface area contributed by atoms with Gasteiger partial charge in [-0.25, -0.2) is 4.98 Å². The molecule has 0 radical (unpaired) electrons. The number of rotatable bonds is 6. The summed E-state index contributed by atoms with van der Waals surface area (Å²) in [5.41, 5.74) is 1.91. The number of carbonyl (C=O) groups is 1. The second-order valence-corrected chi connectivity index (χ2v) is 7.46. The van der Waals surface area contributed by atoms with Crippen molar-refractivity contribution < 1.29 is 14.3 Å². The quantitative estimate of drug-likeness (QED) is 0.372. The first-order valence-corrected chi connectivity index (χ1v) is 10.2. The van der Waals surface area contributed by atoms with Crippen LogP contribution in [-0.2, 0) is 0 Å². The summed E-state index contributed by atoms with van der Waals surface area (Å²) in [7, 11) is 1.60. The van der Waals surface area contributed by atoms with Gasteiger partial charge in [0.2, 0.25) is 5.88 Å². The van der Waals surface area contributed by atoms with E-state index in [4.69, 9.17) is 9.47 Å². The maximum absolute atomic E-state index is 12.7. The highest BCUT2D eigenvalue weighted by Gasteiger charge is 2.10. The maximum Gasteiger partial charge on any atom is 0.255 e. The molecule has 0 aliphatic heterocycles. The van der Waals surface area contributed by atoms with E-state index in [1.165, 1.54) is 0 Å². The molecule has 0 fully saturated rings. The standard InChI is InChI=1S/C24H18BrN3O3/c1-30-20-9-4-10-21(15-20)31-22-11-12-26-23(28-22)16-5-2-6-17(13-16)24(29)27-19-8-3-7-18(25)14-19/h2-15H,1H3,(H,27,29). The molecule has 31 heavy (non-hydrogen) atoms. The number of halogens is 1. The second kappa shape index (κ2) is 9.40. The van der Waals surface area contributed by atoms with E-state index in [1.54, 1.807) is 43.6 Å². The molecule has 1 heterocycles. The summed E-state index contributed by atoms with van der Waals surface area (Å²) in [6, 6.07) is 23.5. The van der Waals surface area contributed by atoms with E-state index >= 15 is 0 Å². The fraction of sp³-hybridized carbons (Fsp3) is 0.0417. The molecule has 7 heteroatoms. The van der Waals surface area contributed by atoms with E-state index < -0.39 is 0 Å². The van der Waals surface area contributed by atoms with Crippen molar-refractivity contribution in [2.75, 3.05) is 12.4 Å². The molecule has 1 aromatic heterocycles. The second-order valence-electron chi connectivity index (χ2n) is 6.54. The minimum absolute atomic E-state index is 0.219. The Balaban J connectivity index is 1.54. The molecule has 4 rings (SSSR count). The number of anilines is 1. The molecule has 4 aromatic rings. The smallest absolute Gasteiger partial charge is 0.255 e. The van der Waals surface area contributed by atoms with Crippen LogP contribution in [-0.4, -0.2) is 23.0 Å². The van der Waals surface area contributed by atoms with Gasteiger partial charge in [0.1, 0.15) is 11.5 Å². The summed E-state index contributed by atoms with van der Waals surface area (Å²) in [6.45, 7) is 0. The van der Waals surface area contributed by atoms with Gasteiger partial charge in [0, 0.05) is 39.6 Å². The fourth-order valence-corrected chi connectivity index (χ4v) is 3.29. The minimum Gasteiger partial charge on any atom is -0.497 e. The van der Waals surface area contributed by atoms with Crippen molar-refractivity contribution in [1.29, 1.82) is 0 Å². The molecular weight excluding hydrogens is 458 g/mol. The minimum atomic E-state index is -0.219. The number of carbonyl (C=O) groups excluding carboxylic acids is 1. The van der Waals surface area contributed by atoms with Gasteiger partial charge in [0.15, 0.2) is 5.82 Å². The van der Waals surface area contributed by atoms with Crippen LogP contribution in [0.15, 0.2) is 89.5 Å². The van der Waals surface area contributed by atoms with Crippen LogP contribution in [0, 0.1) is 0 Å². The first kappa shape index (κ1) is 20.6. The number of hydrogen-bond acceptors (Lipinski definition) is 5. The molecule has 0 bridgehead atoms. The number of hydrogen-bond donors (Lipinski definition) is 1. The van der Waals surface area contributed by atoms with Crippen LogP contribution in [0.4, 0.5) is 5.69 Å². The maximum atomic E-state index is 12.7. The van der Waals surface area contributed by atoms with Crippen LogP contribution >= 0.6 is 15.9 Å². The van der Waals surface area contributed by atoms with E-state index in [0.29, 0.717) is 40.0 Å². The highest BCUT2D eigenvalue weighted by Crippen LogP contribution is 2.26. The largest absolute Gasteiger partial charge is 0.497 e. The molecule has 154 valence electrons. The Hall–Kier alpha value is -3.71. The average molecular weight is 476 g/mol. The Morgan fingerprint density at radius 1 is 0.935 bits per heavy atom. The van der Waals surface area contributed by atoms with Gasteiger partial charge in [0.05, 0.1) is 7.11 Å². The predicted octanol–water partition coefficient (Wildman–Crippen LogP) is 5.96. The van der Waals surface area contributed by atoms with Gasteiger partial charge >= 0.3 is 0 Å². The highest BCUT2D eigenvalue weighted by molar-refractivity contribution is 9.10. The summed E-state index contributed by atoms with van der Waals surface area (Å²) in [4.78, 5) is 21.5. The van der Waals surface area contributed by atoms with E-state index in [-0.39, 0.29) is 5.91 Å². The third kappa shape index (κ3) is 5.26. The van der Waals surface area contributed by atoms with E-state index in [1.807, 2.05) is 48.5 Å². The Morgan fingerprint density at radius 3 is 2.58 bits per heavy atom. The number of amides is 1. The molecule has 1 amide bonds. The number of nitrogens with zero attached hydrogens (tertiary/aromatic N) is 2. The summed E-state index contributed by atoms with van der Waals surface area (Å²) < 4.78 is 11.9. The van der Waals surface area contributed by atoms with Crippen molar-refractivity contribution in [3.05, 3.63) is 95.1 Å². The average Bonchev–Trinajstić information content (AvgIpc) is 2.79. The molecule has 0 spiro atoms. The number of nitrogens with one attached hydrogen (secondary N) is 1. The lowest BCUT2D eigenvalue weighted by molar-refractivity contribution is 0.102. The number of methoxy groups -OCH3 is 1. The Kier molecular flexibility index (Phi) is 6.24.